The third kappa shape index (κ3) is 5.68. The third-order valence-corrected chi connectivity index (χ3v) is 6.91. The molecule has 0 spiro atoms. The van der Waals surface area contributed by atoms with Gasteiger partial charge in [0.25, 0.3) is 0 Å². The third-order valence-electron chi connectivity index (χ3n) is 6.30. The van der Waals surface area contributed by atoms with E-state index in [-0.39, 0.29) is 49.7 Å². The average Bonchev–Trinajstić information content (AvgIpc) is 2.83. The van der Waals surface area contributed by atoms with Crippen LogP contribution >= 0.6 is 23.2 Å². The number of β-amino-alcohol motifs (C(OH)–C–C–N with tert-alkyl or cyclic N) is 1. The lowest BCUT2D eigenvalue weighted by Crippen LogP contribution is -2.68. The topological polar surface area (TPSA) is 120 Å². The van der Waals surface area contributed by atoms with Crippen molar-refractivity contribution in [1.29, 1.82) is 5.41 Å². The number of nitrogens with one attached hydrogen (secondary N) is 2. The summed E-state index contributed by atoms with van der Waals surface area (Å²) in [6.45, 7) is 6.72. The van der Waals surface area contributed by atoms with E-state index in [1.807, 2.05) is 6.92 Å². The summed E-state index contributed by atoms with van der Waals surface area (Å²) < 4.78 is 36.4. The number of nitrogens with two attached hydrogens (primary N) is 1. The van der Waals surface area contributed by atoms with E-state index in [1.54, 1.807) is 18.7 Å². The Morgan fingerprint density at radius 3 is 2.50 bits per heavy atom. The molecule has 4 rings (SSSR count). The molecular weight excluding hydrogens is 537 g/mol. The predicted octanol–water partition coefficient (Wildman–Crippen LogP) is 4.75. The van der Waals surface area contributed by atoms with Crippen molar-refractivity contribution >= 4 is 40.4 Å². The molecule has 1 saturated heterocycles. The van der Waals surface area contributed by atoms with E-state index in [0.29, 0.717) is 25.2 Å². The molecule has 0 saturated carbocycles. The summed E-state index contributed by atoms with van der Waals surface area (Å²) in [5, 5.41) is 21.8. The zero-order valence-corrected chi connectivity index (χ0v) is 22.5. The second kappa shape index (κ2) is 11.0. The van der Waals surface area contributed by atoms with E-state index in [1.165, 1.54) is 30.7 Å². The van der Waals surface area contributed by atoms with E-state index >= 15 is 8.78 Å². The molecule has 1 aliphatic heterocycles. The average molecular weight is 565 g/mol. The number of aliphatic hydroxyl groups excluding tert-OH is 1. The highest BCUT2D eigenvalue weighted by Gasteiger charge is 2.40. The van der Waals surface area contributed by atoms with Gasteiger partial charge in [-0.05, 0) is 39.0 Å². The van der Waals surface area contributed by atoms with Crippen molar-refractivity contribution in [2.75, 3.05) is 30.3 Å². The molecule has 2 aromatic heterocycles. The van der Waals surface area contributed by atoms with Crippen molar-refractivity contribution in [2.45, 2.75) is 38.5 Å². The standard InChI is InChI=1S/C26H28Cl2F2N6O2/c1-13(37)7-35-26(3)11-36(12-26)25-18(29)6-15(8-34-25)24(32)22-19(31)4-5-20(23(22)30)38-14(2)21-16(27)9-33-10-17(21)28/h4-6,8-10,13-14,32,35,37H,7,11-12,31H2,1-3H3/t13-,14+/m0/s1. The summed E-state index contributed by atoms with van der Waals surface area (Å²) in [6.07, 6.45) is 2.88. The lowest BCUT2D eigenvalue weighted by molar-refractivity contribution is 0.163. The van der Waals surface area contributed by atoms with Crippen molar-refractivity contribution in [3.8, 4) is 5.75 Å². The number of aromatic nitrogens is 2. The van der Waals surface area contributed by atoms with E-state index in [2.05, 4.69) is 15.3 Å². The minimum absolute atomic E-state index is 0.0142. The summed E-state index contributed by atoms with van der Waals surface area (Å²) in [5.41, 5.74) is 5.61. The van der Waals surface area contributed by atoms with Gasteiger partial charge in [0, 0.05) is 55.0 Å². The van der Waals surface area contributed by atoms with E-state index in [9.17, 15) is 5.11 Å². The Labute approximate surface area is 229 Å². The molecule has 3 heterocycles. The van der Waals surface area contributed by atoms with Crippen molar-refractivity contribution in [2.24, 2.45) is 0 Å². The number of nitrogens with zero attached hydrogens (tertiary/aromatic N) is 3. The molecule has 0 unspecified atom stereocenters. The van der Waals surface area contributed by atoms with Gasteiger partial charge in [-0.1, -0.05) is 23.2 Å². The Balaban J connectivity index is 1.54. The fourth-order valence-electron chi connectivity index (χ4n) is 4.37. The fraction of sp³-hybridized carbons (Fsp3) is 0.346. The van der Waals surface area contributed by atoms with Crippen LogP contribution in [0.5, 0.6) is 5.75 Å². The number of nitrogen functional groups attached to an aromatic ring is 1. The fourth-order valence-corrected chi connectivity index (χ4v) is 5.04. The van der Waals surface area contributed by atoms with E-state index in [0.717, 1.165) is 6.07 Å². The van der Waals surface area contributed by atoms with Crippen molar-refractivity contribution in [1.82, 2.24) is 15.3 Å². The molecule has 1 aliphatic rings. The van der Waals surface area contributed by atoms with E-state index < -0.39 is 23.8 Å². The van der Waals surface area contributed by atoms with Gasteiger partial charge in [-0.25, -0.2) is 13.8 Å². The number of aliphatic hydroxyl groups is 1. The zero-order chi connectivity index (χ0) is 27.8. The Kier molecular flexibility index (Phi) is 8.08. The Morgan fingerprint density at radius 2 is 1.89 bits per heavy atom. The largest absolute Gasteiger partial charge is 0.483 e. The molecule has 2 atom stereocenters. The van der Waals surface area contributed by atoms with Crippen molar-refractivity contribution in [3.63, 3.8) is 0 Å². The van der Waals surface area contributed by atoms with Crippen LogP contribution < -0.4 is 20.7 Å². The normalized spacial score (nSPS) is 16.1. The lowest BCUT2D eigenvalue weighted by atomic mass is 9.91. The van der Waals surface area contributed by atoms with Gasteiger partial charge in [0.05, 0.1) is 33.0 Å². The van der Waals surface area contributed by atoms with Gasteiger partial charge in [-0.2, -0.15) is 0 Å². The number of benzene rings is 1. The zero-order valence-electron chi connectivity index (χ0n) is 21.0. The molecular formula is C26H28Cl2F2N6O2. The van der Waals surface area contributed by atoms with Gasteiger partial charge in [0.2, 0.25) is 0 Å². The number of pyridine rings is 2. The number of halogens is 4. The number of hydrogen-bond acceptors (Lipinski definition) is 8. The van der Waals surface area contributed by atoms with Crippen LogP contribution in [0, 0.1) is 17.0 Å². The molecule has 5 N–H and O–H groups in total. The van der Waals surface area contributed by atoms with Crippen LogP contribution in [-0.2, 0) is 0 Å². The number of hydrogen-bond donors (Lipinski definition) is 4. The quantitative estimate of drug-likeness (QED) is 0.218. The molecule has 12 heteroatoms. The first-order valence-corrected chi connectivity index (χ1v) is 12.6. The Morgan fingerprint density at radius 1 is 1.24 bits per heavy atom. The summed E-state index contributed by atoms with van der Waals surface area (Å²) in [6, 6.07) is 3.88. The molecule has 0 radical (unpaired) electrons. The highest BCUT2D eigenvalue weighted by atomic mass is 35.5. The summed E-state index contributed by atoms with van der Waals surface area (Å²) in [4.78, 5) is 9.85. The molecule has 0 amide bonds. The van der Waals surface area contributed by atoms with Crippen LogP contribution in [0.2, 0.25) is 10.0 Å². The van der Waals surface area contributed by atoms with Crippen LogP contribution in [0.25, 0.3) is 0 Å². The Bertz CT molecular complexity index is 1350. The maximum absolute atomic E-state index is 15.6. The lowest BCUT2D eigenvalue weighted by Gasteiger charge is -2.49. The second-order valence-electron chi connectivity index (χ2n) is 9.67. The molecule has 1 aromatic carbocycles. The summed E-state index contributed by atoms with van der Waals surface area (Å²) in [5.74, 6) is -1.57. The van der Waals surface area contributed by atoms with Crippen LogP contribution in [0.1, 0.15) is 43.6 Å². The monoisotopic (exact) mass is 564 g/mol. The van der Waals surface area contributed by atoms with Crippen LogP contribution in [0.3, 0.4) is 0 Å². The predicted molar refractivity (Wildman–Crippen MR) is 145 cm³/mol. The highest BCUT2D eigenvalue weighted by molar-refractivity contribution is 6.35. The number of rotatable bonds is 9. The minimum atomic E-state index is -0.879. The van der Waals surface area contributed by atoms with Crippen LogP contribution in [-0.4, -0.2) is 52.1 Å². The number of ether oxygens (including phenoxy) is 1. The van der Waals surface area contributed by atoms with Gasteiger partial charge in [0.1, 0.15) is 6.10 Å². The highest BCUT2D eigenvalue weighted by Crippen LogP contribution is 2.36. The molecule has 202 valence electrons. The van der Waals surface area contributed by atoms with Crippen molar-refractivity contribution < 1.29 is 18.6 Å². The summed E-state index contributed by atoms with van der Waals surface area (Å²) in [7, 11) is 0. The van der Waals surface area contributed by atoms with Crippen molar-refractivity contribution in [3.05, 3.63) is 75.2 Å². The van der Waals surface area contributed by atoms with Crippen LogP contribution in [0.4, 0.5) is 20.3 Å². The van der Waals surface area contributed by atoms with Gasteiger partial charge in [-0.3, -0.25) is 10.4 Å². The van der Waals surface area contributed by atoms with Gasteiger partial charge >= 0.3 is 0 Å². The molecule has 8 nitrogen and oxygen atoms in total. The van der Waals surface area contributed by atoms with Gasteiger partial charge in [0.15, 0.2) is 23.2 Å². The van der Waals surface area contributed by atoms with Crippen LogP contribution in [0.15, 0.2) is 36.8 Å². The molecule has 0 aliphatic carbocycles. The molecule has 1 fully saturated rings. The maximum Gasteiger partial charge on any atom is 0.176 e. The van der Waals surface area contributed by atoms with Gasteiger partial charge < -0.3 is 25.8 Å². The van der Waals surface area contributed by atoms with Gasteiger partial charge in [-0.15, -0.1) is 0 Å². The molecule has 3 aromatic rings. The smallest absolute Gasteiger partial charge is 0.176 e. The first-order chi connectivity index (χ1) is 17.9. The Hall–Kier alpha value is -3.05. The summed E-state index contributed by atoms with van der Waals surface area (Å²) >= 11 is 12.4. The molecule has 0 bridgehead atoms. The SMILES string of the molecule is C[C@H](O)CNC1(C)CN(c2ncc(C(=N)c3c(N)ccc(O[C@H](C)c4c(Cl)cncc4Cl)c3F)cc2F)C1. The molecule has 38 heavy (non-hydrogen) atoms. The van der Waals surface area contributed by atoms with E-state index in [4.69, 9.17) is 39.1 Å². The minimum Gasteiger partial charge on any atom is -0.483 e. The first kappa shape index (κ1) is 28.0. The number of anilines is 2. The maximum atomic E-state index is 15.6. The first-order valence-electron chi connectivity index (χ1n) is 11.9. The second-order valence-corrected chi connectivity index (χ2v) is 10.5.